The van der Waals surface area contributed by atoms with Crippen LogP contribution in [0.25, 0.3) is 0 Å². The molecule has 2 atom stereocenters. The highest BCUT2D eigenvalue weighted by Gasteiger charge is 2.34. The molecule has 1 fully saturated rings. The molecule has 0 aromatic carbocycles. The van der Waals surface area contributed by atoms with Crippen molar-refractivity contribution < 1.29 is 0 Å². The summed E-state index contributed by atoms with van der Waals surface area (Å²) in [6.45, 7) is 16.7. The summed E-state index contributed by atoms with van der Waals surface area (Å²) >= 11 is 0. The van der Waals surface area contributed by atoms with Gasteiger partial charge in [0, 0.05) is 5.54 Å². The molecule has 1 aliphatic rings. The highest BCUT2D eigenvalue weighted by molar-refractivity contribution is 4.87. The number of allylic oxidation sites excluding steroid dienone is 1. The molecule has 112 valence electrons. The highest BCUT2D eigenvalue weighted by Crippen LogP contribution is 2.43. The Labute approximate surface area is 121 Å². The lowest BCUT2D eigenvalue weighted by molar-refractivity contribution is 0.104. The maximum atomic E-state index is 3.85. The molecule has 0 radical (unpaired) electrons. The third-order valence-corrected chi connectivity index (χ3v) is 4.55. The van der Waals surface area contributed by atoms with Gasteiger partial charge in [-0.3, -0.25) is 0 Å². The van der Waals surface area contributed by atoms with E-state index in [1.807, 2.05) is 0 Å². The topological polar surface area (TPSA) is 12.0 Å². The number of nitrogens with one attached hydrogen (secondary N) is 1. The Bertz CT molecular complexity index is 272. The van der Waals surface area contributed by atoms with Crippen molar-refractivity contribution >= 4 is 0 Å². The van der Waals surface area contributed by atoms with Crippen LogP contribution in [0.5, 0.6) is 0 Å². The van der Waals surface area contributed by atoms with Crippen LogP contribution in [0.15, 0.2) is 12.7 Å². The number of unbranched alkanes of at least 4 members (excludes halogenated alkanes) is 1. The lowest BCUT2D eigenvalue weighted by Gasteiger charge is -2.42. The molecule has 1 aliphatic carbocycles. The van der Waals surface area contributed by atoms with Gasteiger partial charge >= 0.3 is 0 Å². The molecule has 0 amide bonds. The van der Waals surface area contributed by atoms with Crippen molar-refractivity contribution in [2.45, 2.75) is 78.7 Å². The van der Waals surface area contributed by atoms with E-state index < -0.39 is 0 Å². The monoisotopic (exact) mass is 265 g/mol. The normalized spacial score (nSPS) is 27.2. The SMILES string of the molecule is C=CCCCC1CC(C)(C)CCC1CNC(C)(C)C. The van der Waals surface area contributed by atoms with Crippen LogP contribution in [0.2, 0.25) is 0 Å². The molecule has 1 heteroatoms. The molecule has 0 aliphatic heterocycles. The van der Waals surface area contributed by atoms with Crippen LogP contribution in [-0.2, 0) is 0 Å². The summed E-state index contributed by atoms with van der Waals surface area (Å²) in [5.41, 5.74) is 0.801. The van der Waals surface area contributed by atoms with E-state index in [2.05, 4.69) is 52.6 Å². The van der Waals surface area contributed by atoms with Crippen molar-refractivity contribution in [3.63, 3.8) is 0 Å². The quantitative estimate of drug-likeness (QED) is 0.516. The van der Waals surface area contributed by atoms with Crippen LogP contribution in [0, 0.1) is 17.3 Å². The molecule has 0 bridgehead atoms. The standard InChI is InChI=1S/C18H35N/c1-7-8-9-10-15-13-18(5,6)12-11-16(15)14-19-17(2,3)4/h7,15-16,19H,1,8-14H2,2-6H3. The summed E-state index contributed by atoms with van der Waals surface area (Å²) < 4.78 is 0. The van der Waals surface area contributed by atoms with Gasteiger partial charge in [-0.1, -0.05) is 19.9 Å². The minimum Gasteiger partial charge on any atom is -0.312 e. The molecule has 2 unspecified atom stereocenters. The summed E-state index contributed by atoms with van der Waals surface area (Å²) in [6.07, 6.45) is 10.1. The zero-order valence-electron chi connectivity index (χ0n) is 13.9. The number of hydrogen-bond donors (Lipinski definition) is 1. The summed E-state index contributed by atoms with van der Waals surface area (Å²) in [5, 5.41) is 3.72. The summed E-state index contributed by atoms with van der Waals surface area (Å²) in [5.74, 6) is 1.77. The minimum absolute atomic E-state index is 0.249. The zero-order chi connectivity index (χ0) is 14.5. The zero-order valence-corrected chi connectivity index (χ0v) is 13.9. The molecule has 0 aromatic heterocycles. The van der Waals surface area contributed by atoms with Crippen molar-refractivity contribution in [1.82, 2.24) is 5.32 Å². The Kier molecular flexibility index (Phi) is 6.11. The molecule has 1 saturated carbocycles. The first-order valence-corrected chi connectivity index (χ1v) is 8.09. The molecule has 0 saturated heterocycles. The fourth-order valence-corrected chi connectivity index (χ4v) is 3.36. The third kappa shape index (κ3) is 6.61. The van der Waals surface area contributed by atoms with Crippen molar-refractivity contribution in [1.29, 1.82) is 0 Å². The lowest BCUT2D eigenvalue weighted by Crippen LogP contribution is -2.43. The van der Waals surface area contributed by atoms with Crippen molar-refractivity contribution in [3.8, 4) is 0 Å². The van der Waals surface area contributed by atoms with Crippen molar-refractivity contribution in [2.24, 2.45) is 17.3 Å². The summed E-state index contributed by atoms with van der Waals surface area (Å²) in [7, 11) is 0. The molecular weight excluding hydrogens is 230 g/mol. The smallest absolute Gasteiger partial charge is 0.00966 e. The van der Waals surface area contributed by atoms with Crippen molar-refractivity contribution in [3.05, 3.63) is 12.7 Å². The van der Waals surface area contributed by atoms with Gasteiger partial charge in [-0.15, -0.1) is 6.58 Å². The van der Waals surface area contributed by atoms with Gasteiger partial charge in [0.1, 0.15) is 0 Å². The largest absolute Gasteiger partial charge is 0.312 e. The maximum Gasteiger partial charge on any atom is 0.00966 e. The summed E-state index contributed by atoms with van der Waals surface area (Å²) in [6, 6.07) is 0. The van der Waals surface area contributed by atoms with E-state index in [1.54, 1.807) is 0 Å². The van der Waals surface area contributed by atoms with E-state index in [9.17, 15) is 0 Å². The highest BCUT2D eigenvalue weighted by atomic mass is 14.9. The van der Waals surface area contributed by atoms with Crippen LogP contribution in [-0.4, -0.2) is 12.1 Å². The number of hydrogen-bond acceptors (Lipinski definition) is 1. The van der Waals surface area contributed by atoms with E-state index in [0.717, 1.165) is 11.8 Å². The van der Waals surface area contributed by atoms with Gasteiger partial charge < -0.3 is 5.32 Å². The molecular formula is C18H35N. The second-order valence-electron chi connectivity index (χ2n) is 8.28. The molecule has 0 aromatic rings. The molecule has 1 nitrogen and oxygen atoms in total. The fourth-order valence-electron chi connectivity index (χ4n) is 3.36. The van der Waals surface area contributed by atoms with Gasteiger partial charge in [-0.05, 0) is 83.1 Å². The van der Waals surface area contributed by atoms with E-state index in [-0.39, 0.29) is 5.54 Å². The van der Waals surface area contributed by atoms with Crippen LogP contribution in [0.4, 0.5) is 0 Å². The molecule has 19 heavy (non-hydrogen) atoms. The Morgan fingerprint density at radius 1 is 1.26 bits per heavy atom. The van der Waals surface area contributed by atoms with Gasteiger partial charge in [0.15, 0.2) is 0 Å². The average molecular weight is 265 g/mol. The van der Waals surface area contributed by atoms with Gasteiger partial charge in [-0.25, -0.2) is 0 Å². The predicted molar refractivity (Wildman–Crippen MR) is 86.4 cm³/mol. The van der Waals surface area contributed by atoms with E-state index in [4.69, 9.17) is 0 Å². The first-order valence-electron chi connectivity index (χ1n) is 8.09. The van der Waals surface area contributed by atoms with Gasteiger partial charge in [0.2, 0.25) is 0 Å². The van der Waals surface area contributed by atoms with Crippen LogP contribution in [0.1, 0.15) is 73.1 Å². The minimum atomic E-state index is 0.249. The molecule has 0 heterocycles. The Morgan fingerprint density at radius 2 is 1.95 bits per heavy atom. The summed E-state index contributed by atoms with van der Waals surface area (Å²) in [4.78, 5) is 0. The van der Waals surface area contributed by atoms with Crippen LogP contribution in [0.3, 0.4) is 0 Å². The Hall–Kier alpha value is -0.300. The molecule has 1 N–H and O–H groups in total. The molecule has 1 rings (SSSR count). The predicted octanol–water partition coefficient (Wildman–Crippen LogP) is 5.17. The average Bonchev–Trinajstić information content (AvgIpc) is 2.26. The van der Waals surface area contributed by atoms with Gasteiger partial charge in [-0.2, -0.15) is 0 Å². The van der Waals surface area contributed by atoms with Crippen molar-refractivity contribution in [2.75, 3.05) is 6.54 Å². The van der Waals surface area contributed by atoms with Gasteiger partial charge in [0.25, 0.3) is 0 Å². The second-order valence-corrected chi connectivity index (χ2v) is 8.28. The van der Waals surface area contributed by atoms with Crippen LogP contribution < -0.4 is 5.32 Å². The lowest BCUT2D eigenvalue weighted by atomic mass is 9.65. The first-order chi connectivity index (χ1) is 8.73. The fraction of sp³-hybridized carbons (Fsp3) is 0.889. The Balaban J connectivity index is 2.52. The van der Waals surface area contributed by atoms with E-state index >= 15 is 0 Å². The second kappa shape index (κ2) is 6.92. The third-order valence-electron chi connectivity index (χ3n) is 4.55. The van der Waals surface area contributed by atoms with E-state index in [1.165, 1.54) is 45.1 Å². The number of rotatable bonds is 6. The van der Waals surface area contributed by atoms with Gasteiger partial charge in [0.05, 0.1) is 0 Å². The van der Waals surface area contributed by atoms with E-state index in [0.29, 0.717) is 5.41 Å². The van der Waals surface area contributed by atoms with Crippen LogP contribution >= 0.6 is 0 Å². The first kappa shape index (κ1) is 16.8. The molecule has 0 spiro atoms. The maximum absolute atomic E-state index is 3.85. The Morgan fingerprint density at radius 3 is 2.53 bits per heavy atom.